The third-order valence-electron chi connectivity index (χ3n) is 2.74. The minimum atomic E-state index is -1.19. The SMILES string of the molecule is N#Cc1ccc(COc2ccc(Cl)cc2C(=O)O)c(F)c1. The summed E-state index contributed by atoms with van der Waals surface area (Å²) in [6.07, 6.45) is 0. The monoisotopic (exact) mass is 305 g/mol. The van der Waals surface area contributed by atoms with E-state index in [1.165, 1.54) is 30.3 Å². The molecule has 1 N–H and O–H groups in total. The van der Waals surface area contributed by atoms with Crippen LogP contribution in [0, 0.1) is 17.1 Å². The number of benzene rings is 2. The highest BCUT2D eigenvalue weighted by Gasteiger charge is 2.13. The largest absolute Gasteiger partial charge is 0.488 e. The van der Waals surface area contributed by atoms with E-state index in [1.54, 1.807) is 0 Å². The molecule has 2 aromatic carbocycles. The summed E-state index contributed by atoms with van der Waals surface area (Å²) in [5.74, 6) is -1.68. The zero-order valence-electron chi connectivity index (χ0n) is 10.6. The van der Waals surface area contributed by atoms with Gasteiger partial charge in [0, 0.05) is 10.6 Å². The van der Waals surface area contributed by atoms with Gasteiger partial charge in [-0.1, -0.05) is 17.7 Å². The van der Waals surface area contributed by atoms with Gasteiger partial charge in [0.25, 0.3) is 0 Å². The number of aromatic carboxylic acids is 1. The quantitative estimate of drug-likeness (QED) is 0.936. The van der Waals surface area contributed by atoms with Crippen LogP contribution in [0.3, 0.4) is 0 Å². The highest BCUT2D eigenvalue weighted by Crippen LogP contribution is 2.24. The van der Waals surface area contributed by atoms with Crippen LogP contribution in [0.1, 0.15) is 21.5 Å². The van der Waals surface area contributed by atoms with Crippen molar-refractivity contribution in [2.24, 2.45) is 0 Å². The summed E-state index contributed by atoms with van der Waals surface area (Å²) in [4.78, 5) is 11.1. The molecule has 0 saturated heterocycles. The molecule has 106 valence electrons. The number of rotatable bonds is 4. The Morgan fingerprint density at radius 2 is 2.10 bits per heavy atom. The number of halogens is 2. The second kappa shape index (κ2) is 6.25. The third kappa shape index (κ3) is 3.50. The number of carboxylic acids is 1. The van der Waals surface area contributed by atoms with Gasteiger partial charge in [-0.2, -0.15) is 5.26 Å². The number of hydrogen-bond acceptors (Lipinski definition) is 3. The molecule has 0 aliphatic carbocycles. The fraction of sp³-hybridized carbons (Fsp3) is 0.0667. The highest BCUT2D eigenvalue weighted by atomic mass is 35.5. The average molecular weight is 306 g/mol. The van der Waals surface area contributed by atoms with Crippen molar-refractivity contribution in [3.05, 3.63) is 63.9 Å². The van der Waals surface area contributed by atoms with Gasteiger partial charge in [0.15, 0.2) is 0 Å². The molecule has 6 heteroatoms. The molecule has 0 radical (unpaired) electrons. The number of nitriles is 1. The van der Waals surface area contributed by atoms with Crippen LogP contribution < -0.4 is 4.74 Å². The number of carbonyl (C=O) groups is 1. The van der Waals surface area contributed by atoms with E-state index in [4.69, 9.17) is 26.7 Å². The fourth-order valence-corrected chi connectivity index (χ4v) is 1.86. The van der Waals surface area contributed by atoms with E-state index in [1.807, 2.05) is 6.07 Å². The maximum Gasteiger partial charge on any atom is 0.339 e. The Balaban J connectivity index is 2.21. The Labute approximate surface area is 125 Å². The summed E-state index contributed by atoms with van der Waals surface area (Å²) in [5, 5.41) is 18.0. The topological polar surface area (TPSA) is 70.3 Å². The van der Waals surface area contributed by atoms with Crippen molar-refractivity contribution in [1.29, 1.82) is 5.26 Å². The molecule has 2 aromatic rings. The Kier molecular flexibility index (Phi) is 4.41. The molecule has 21 heavy (non-hydrogen) atoms. The summed E-state index contributed by atoms with van der Waals surface area (Å²) in [7, 11) is 0. The average Bonchev–Trinajstić information content (AvgIpc) is 2.46. The summed E-state index contributed by atoms with van der Waals surface area (Å²) in [6.45, 7) is -0.153. The van der Waals surface area contributed by atoms with E-state index in [0.717, 1.165) is 6.07 Å². The maximum absolute atomic E-state index is 13.7. The molecule has 0 atom stereocenters. The third-order valence-corrected chi connectivity index (χ3v) is 2.97. The number of nitrogens with zero attached hydrogens (tertiary/aromatic N) is 1. The first kappa shape index (κ1) is 14.8. The lowest BCUT2D eigenvalue weighted by molar-refractivity contribution is 0.0691. The maximum atomic E-state index is 13.7. The zero-order chi connectivity index (χ0) is 15.4. The molecule has 0 aliphatic rings. The van der Waals surface area contributed by atoms with Crippen LogP contribution in [0.4, 0.5) is 4.39 Å². The van der Waals surface area contributed by atoms with Crippen LogP contribution in [-0.4, -0.2) is 11.1 Å². The second-order valence-corrected chi connectivity index (χ2v) is 4.59. The van der Waals surface area contributed by atoms with Crippen molar-refractivity contribution < 1.29 is 19.0 Å². The van der Waals surface area contributed by atoms with Crippen LogP contribution >= 0.6 is 11.6 Å². The predicted molar refractivity (Wildman–Crippen MR) is 73.9 cm³/mol. The van der Waals surface area contributed by atoms with Gasteiger partial charge in [-0.15, -0.1) is 0 Å². The van der Waals surface area contributed by atoms with E-state index in [2.05, 4.69) is 0 Å². The van der Waals surface area contributed by atoms with Crippen molar-refractivity contribution in [2.75, 3.05) is 0 Å². The van der Waals surface area contributed by atoms with Gasteiger partial charge >= 0.3 is 5.97 Å². The lowest BCUT2D eigenvalue weighted by Gasteiger charge is -2.10. The lowest BCUT2D eigenvalue weighted by atomic mass is 10.1. The molecule has 0 aromatic heterocycles. The first-order chi connectivity index (χ1) is 10.0. The summed E-state index contributed by atoms with van der Waals surface area (Å²) in [5.41, 5.74) is 0.325. The lowest BCUT2D eigenvalue weighted by Crippen LogP contribution is -2.04. The van der Waals surface area contributed by atoms with Crippen LogP contribution in [0.25, 0.3) is 0 Å². The number of ether oxygens (including phenoxy) is 1. The van der Waals surface area contributed by atoms with Gasteiger partial charge in [0.05, 0.1) is 11.6 Å². The molecule has 0 fully saturated rings. The van der Waals surface area contributed by atoms with E-state index >= 15 is 0 Å². The van der Waals surface area contributed by atoms with E-state index in [-0.39, 0.29) is 34.1 Å². The molecule has 0 heterocycles. The van der Waals surface area contributed by atoms with Crippen molar-refractivity contribution in [2.45, 2.75) is 6.61 Å². The van der Waals surface area contributed by atoms with Gasteiger partial charge in [-0.25, -0.2) is 9.18 Å². The molecule has 4 nitrogen and oxygen atoms in total. The molecule has 0 spiro atoms. The predicted octanol–water partition coefficient (Wildman–Crippen LogP) is 3.63. The number of carboxylic acid groups (broad SMARTS) is 1. The standard InChI is InChI=1S/C15H9ClFNO3/c16-11-3-4-14(12(6-11)15(19)20)21-8-10-2-1-9(7-18)5-13(10)17/h1-6H,8H2,(H,19,20). The van der Waals surface area contributed by atoms with Gasteiger partial charge < -0.3 is 9.84 Å². The molecule has 0 amide bonds. The molecular formula is C15H9ClFNO3. The van der Waals surface area contributed by atoms with Crippen molar-refractivity contribution in [3.63, 3.8) is 0 Å². The van der Waals surface area contributed by atoms with Gasteiger partial charge in [0.1, 0.15) is 23.7 Å². The highest BCUT2D eigenvalue weighted by molar-refractivity contribution is 6.31. The summed E-state index contributed by atoms with van der Waals surface area (Å²) in [6, 6.07) is 9.96. The Morgan fingerprint density at radius 1 is 1.33 bits per heavy atom. The molecule has 0 aliphatic heterocycles. The van der Waals surface area contributed by atoms with Crippen LogP contribution in [0.2, 0.25) is 5.02 Å². The van der Waals surface area contributed by atoms with Gasteiger partial charge in [0.2, 0.25) is 0 Å². The molecule has 0 bridgehead atoms. The Morgan fingerprint density at radius 3 is 2.71 bits per heavy atom. The van der Waals surface area contributed by atoms with Crippen LogP contribution in [-0.2, 0) is 6.61 Å². The van der Waals surface area contributed by atoms with E-state index < -0.39 is 11.8 Å². The minimum absolute atomic E-state index is 0.0932. The van der Waals surface area contributed by atoms with Crippen LogP contribution in [0.15, 0.2) is 36.4 Å². The second-order valence-electron chi connectivity index (χ2n) is 4.15. The zero-order valence-corrected chi connectivity index (χ0v) is 11.4. The molecule has 0 saturated carbocycles. The first-order valence-corrected chi connectivity index (χ1v) is 6.23. The Bertz CT molecular complexity index is 740. The normalized spacial score (nSPS) is 9.95. The van der Waals surface area contributed by atoms with Crippen LogP contribution in [0.5, 0.6) is 5.75 Å². The Hall–Kier alpha value is -2.58. The fourth-order valence-electron chi connectivity index (χ4n) is 1.68. The first-order valence-electron chi connectivity index (χ1n) is 5.85. The molecule has 0 unspecified atom stereocenters. The minimum Gasteiger partial charge on any atom is -0.488 e. The van der Waals surface area contributed by atoms with Crippen molar-refractivity contribution in [3.8, 4) is 11.8 Å². The van der Waals surface area contributed by atoms with Crippen molar-refractivity contribution in [1.82, 2.24) is 0 Å². The number of hydrogen-bond donors (Lipinski definition) is 1. The molecule has 2 rings (SSSR count). The van der Waals surface area contributed by atoms with Gasteiger partial charge in [-0.3, -0.25) is 0 Å². The summed E-state index contributed by atoms with van der Waals surface area (Å²) >= 11 is 5.73. The van der Waals surface area contributed by atoms with E-state index in [0.29, 0.717) is 0 Å². The smallest absolute Gasteiger partial charge is 0.339 e. The summed E-state index contributed by atoms with van der Waals surface area (Å²) < 4.78 is 19.0. The van der Waals surface area contributed by atoms with E-state index in [9.17, 15) is 9.18 Å². The van der Waals surface area contributed by atoms with Crippen molar-refractivity contribution >= 4 is 17.6 Å². The van der Waals surface area contributed by atoms with Gasteiger partial charge in [-0.05, 0) is 30.3 Å². The molecular weight excluding hydrogens is 297 g/mol.